The Morgan fingerprint density at radius 3 is 2.62 bits per heavy atom. The van der Waals surface area contributed by atoms with Crippen LogP contribution >= 0.6 is 0 Å². The summed E-state index contributed by atoms with van der Waals surface area (Å²) in [5.41, 5.74) is 2.86. The van der Waals surface area contributed by atoms with Crippen LogP contribution in [0.3, 0.4) is 0 Å². The zero-order valence-corrected chi connectivity index (χ0v) is 16.1. The van der Waals surface area contributed by atoms with Gasteiger partial charge in [0, 0.05) is 50.2 Å². The molecule has 0 radical (unpaired) electrons. The summed E-state index contributed by atoms with van der Waals surface area (Å²) in [4.78, 5) is 21.1. The summed E-state index contributed by atoms with van der Waals surface area (Å²) < 4.78 is 16.5. The van der Waals surface area contributed by atoms with Crippen LogP contribution in [-0.4, -0.2) is 43.2 Å². The van der Waals surface area contributed by atoms with Gasteiger partial charge in [0.05, 0.1) is 7.11 Å². The fourth-order valence-corrected chi connectivity index (χ4v) is 3.80. The molecule has 29 heavy (non-hydrogen) atoms. The van der Waals surface area contributed by atoms with Crippen molar-refractivity contribution in [1.82, 2.24) is 9.88 Å². The smallest absolute Gasteiger partial charge is 0.336 e. The molecule has 148 valence electrons. The lowest BCUT2D eigenvalue weighted by molar-refractivity contribution is 0.246. The molecule has 0 unspecified atom stereocenters. The molecule has 7 nitrogen and oxygen atoms in total. The number of oxazole rings is 1. The van der Waals surface area contributed by atoms with Gasteiger partial charge >= 0.3 is 5.63 Å². The van der Waals surface area contributed by atoms with Gasteiger partial charge in [0.1, 0.15) is 16.8 Å². The lowest BCUT2D eigenvalue weighted by atomic mass is 10.1. The number of hydrogen-bond donors (Lipinski definition) is 0. The maximum atomic E-state index is 12.0. The molecule has 0 atom stereocenters. The molecular formula is C22H21N3O4. The summed E-state index contributed by atoms with van der Waals surface area (Å²) in [5, 5.41) is 0.937. The van der Waals surface area contributed by atoms with E-state index >= 15 is 0 Å². The number of hydrogen-bond acceptors (Lipinski definition) is 7. The fourth-order valence-electron chi connectivity index (χ4n) is 3.80. The molecule has 2 aromatic carbocycles. The molecule has 0 spiro atoms. The second-order valence-electron chi connectivity index (χ2n) is 7.18. The molecule has 5 rings (SSSR count). The van der Waals surface area contributed by atoms with E-state index in [0.29, 0.717) is 23.9 Å². The standard InChI is InChI=1S/C22H21N3O4/c1-27-16-6-7-17-15(12-21(26)28-20(17)13-16)14-24-8-10-25(11-9-24)22-23-18-4-2-3-5-19(18)29-22/h2-7,12-13H,8-11,14H2,1H3. The van der Waals surface area contributed by atoms with Crippen molar-refractivity contribution in [2.75, 3.05) is 38.2 Å². The van der Waals surface area contributed by atoms with Crippen LogP contribution in [-0.2, 0) is 6.54 Å². The number of anilines is 1. The van der Waals surface area contributed by atoms with Crippen molar-refractivity contribution in [1.29, 1.82) is 0 Å². The summed E-state index contributed by atoms with van der Waals surface area (Å²) >= 11 is 0. The van der Waals surface area contributed by atoms with Gasteiger partial charge < -0.3 is 18.5 Å². The Labute approximate surface area is 167 Å². The van der Waals surface area contributed by atoms with E-state index in [1.165, 1.54) is 0 Å². The predicted octanol–water partition coefficient (Wildman–Crippen LogP) is 3.27. The normalized spacial score (nSPS) is 15.3. The van der Waals surface area contributed by atoms with Gasteiger partial charge in [0.25, 0.3) is 6.01 Å². The average Bonchev–Trinajstić information content (AvgIpc) is 3.18. The number of para-hydroxylation sites is 2. The van der Waals surface area contributed by atoms with Crippen molar-refractivity contribution in [2.45, 2.75) is 6.54 Å². The summed E-state index contributed by atoms with van der Waals surface area (Å²) in [6.07, 6.45) is 0. The molecule has 4 aromatic rings. The molecule has 0 amide bonds. The number of benzene rings is 2. The Kier molecular flexibility index (Phi) is 4.44. The largest absolute Gasteiger partial charge is 0.497 e. The molecule has 7 heteroatoms. The molecule has 0 aliphatic carbocycles. The van der Waals surface area contributed by atoms with Crippen LogP contribution < -0.4 is 15.3 Å². The van der Waals surface area contributed by atoms with Gasteiger partial charge in [-0.3, -0.25) is 4.90 Å². The third-order valence-electron chi connectivity index (χ3n) is 5.36. The van der Waals surface area contributed by atoms with E-state index in [2.05, 4.69) is 14.8 Å². The summed E-state index contributed by atoms with van der Waals surface area (Å²) in [6.45, 7) is 4.04. The van der Waals surface area contributed by atoms with Crippen LogP contribution in [0.15, 0.2) is 62.2 Å². The minimum atomic E-state index is -0.342. The Morgan fingerprint density at radius 2 is 1.83 bits per heavy atom. The zero-order chi connectivity index (χ0) is 19.8. The first-order valence-electron chi connectivity index (χ1n) is 9.63. The first-order valence-corrected chi connectivity index (χ1v) is 9.63. The summed E-state index contributed by atoms with van der Waals surface area (Å²) in [5.74, 6) is 0.671. The Hall–Kier alpha value is -3.32. The SMILES string of the molecule is COc1ccc2c(CN3CCN(c4nc5ccccc5o4)CC3)cc(=O)oc2c1. The van der Waals surface area contributed by atoms with Gasteiger partial charge in [-0.1, -0.05) is 12.1 Å². The Balaban J connectivity index is 1.32. The van der Waals surface area contributed by atoms with E-state index in [9.17, 15) is 4.79 Å². The molecule has 1 fully saturated rings. The minimum Gasteiger partial charge on any atom is -0.497 e. The first kappa shape index (κ1) is 17.8. The van der Waals surface area contributed by atoms with Crippen LogP contribution in [0.25, 0.3) is 22.1 Å². The van der Waals surface area contributed by atoms with Crippen LogP contribution in [0.4, 0.5) is 6.01 Å². The van der Waals surface area contributed by atoms with Gasteiger partial charge in [-0.15, -0.1) is 0 Å². The van der Waals surface area contributed by atoms with Crippen LogP contribution in [0, 0.1) is 0 Å². The van der Waals surface area contributed by atoms with E-state index in [1.54, 1.807) is 19.2 Å². The minimum absolute atomic E-state index is 0.342. The van der Waals surface area contributed by atoms with Gasteiger partial charge in [-0.25, -0.2) is 4.79 Å². The van der Waals surface area contributed by atoms with Crippen molar-refractivity contribution in [3.63, 3.8) is 0 Å². The highest BCUT2D eigenvalue weighted by Gasteiger charge is 2.22. The molecule has 0 bridgehead atoms. The highest BCUT2D eigenvalue weighted by molar-refractivity contribution is 5.81. The average molecular weight is 391 g/mol. The fraction of sp³-hybridized carbons (Fsp3) is 0.273. The number of rotatable bonds is 4. The van der Waals surface area contributed by atoms with Crippen molar-refractivity contribution in [3.8, 4) is 5.75 Å². The summed E-state index contributed by atoms with van der Waals surface area (Å²) in [6, 6.07) is 15.6. The van der Waals surface area contributed by atoms with Crippen molar-refractivity contribution in [2.24, 2.45) is 0 Å². The topological polar surface area (TPSA) is 72.0 Å². The van der Waals surface area contributed by atoms with Crippen LogP contribution in [0.5, 0.6) is 5.75 Å². The molecule has 2 aromatic heterocycles. The number of aromatic nitrogens is 1. The lowest BCUT2D eigenvalue weighted by Gasteiger charge is -2.33. The van der Waals surface area contributed by atoms with Crippen LogP contribution in [0.2, 0.25) is 0 Å². The zero-order valence-electron chi connectivity index (χ0n) is 16.1. The molecule has 3 heterocycles. The quantitative estimate of drug-likeness (QED) is 0.495. The molecule has 1 saturated heterocycles. The van der Waals surface area contributed by atoms with Crippen LogP contribution in [0.1, 0.15) is 5.56 Å². The molecule has 1 aliphatic rings. The van der Waals surface area contributed by atoms with Crippen molar-refractivity contribution >= 4 is 28.1 Å². The number of ether oxygens (including phenoxy) is 1. The van der Waals surface area contributed by atoms with E-state index in [-0.39, 0.29) is 5.63 Å². The van der Waals surface area contributed by atoms with Gasteiger partial charge in [0.15, 0.2) is 5.58 Å². The third-order valence-corrected chi connectivity index (χ3v) is 5.36. The van der Waals surface area contributed by atoms with Gasteiger partial charge in [0.2, 0.25) is 0 Å². The van der Waals surface area contributed by atoms with E-state index < -0.39 is 0 Å². The highest BCUT2D eigenvalue weighted by Crippen LogP contribution is 2.25. The molecular weight excluding hydrogens is 370 g/mol. The van der Waals surface area contributed by atoms with E-state index in [4.69, 9.17) is 13.6 Å². The Morgan fingerprint density at radius 1 is 1.00 bits per heavy atom. The van der Waals surface area contributed by atoms with Gasteiger partial charge in [-0.05, 0) is 29.8 Å². The first-order chi connectivity index (χ1) is 14.2. The summed E-state index contributed by atoms with van der Waals surface area (Å²) in [7, 11) is 1.60. The van der Waals surface area contributed by atoms with Crippen molar-refractivity contribution < 1.29 is 13.6 Å². The van der Waals surface area contributed by atoms with E-state index in [1.807, 2.05) is 36.4 Å². The number of fused-ring (bicyclic) bond motifs is 2. The number of nitrogens with zero attached hydrogens (tertiary/aromatic N) is 3. The van der Waals surface area contributed by atoms with Crippen molar-refractivity contribution in [3.05, 3.63) is 64.5 Å². The predicted molar refractivity (Wildman–Crippen MR) is 111 cm³/mol. The third kappa shape index (κ3) is 3.45. The Bertz CT molecular complexity index is 1190. The second kappa shape index (κ2) is 7.25. The second-order valence-corrected chi connectivity index (χ2v) is 7.18. The molecule has 1 aliphatic heterocycles. The van der Waals surface area contributed by atoms with E-state index in [0.717, 1.165) is 48.2 Å². The molecule has 0 saturated carbocycles. The van der Waals surface area contributed by atoms with Gasteiger partial charge in [-0.2, -0.15) is 4.98 Å². The maximum Gasteiger partial charge on any atom is 0.336 e. The lowest BCUT2D eigenvalue weighted by Crippen LogP contribution is -2.46. The highest BCUT2D eigenvalue weighted by atomic mass is 16.5. The monoisotopic (exact) mass is 391 g/mol. The number of piperazine rings is 1. The molecule has 0 N–H and O–H groups in total. The number of methoxy groups -OCH3 is 1. The maximum absolute atomic E-state index is 12.0.